The molecule has 0 radical (unpaired) electrons. The van der Waals surface area contributed by atoms with E-state index >= 15 is 0 Å². The van der Waals surface area contributed by atoms with Crippen molar-refractivity contribution in [3.63, 3.8) is 0 Å². The number of hydrogen-bond acceptors (Lipinski definition) is 3. The van der Waals surface area contributed by atoms with E-state index in [1.165, 1.54) is 4.90 Å². The summed E-state index contributed by atoms with van der Waals surface area (Å²) in [5, 5.41) is 0. The monoisotopic (exact) mass is 421 g/mol. The number of nitrogens with zero attached hydrogens (tertiary/aromatic N) is 1. The average Bonchev–Trinajstić information content (AvgIpc) is 2.81. The number of anilines is 1. The molecule has 0 unspecified atom stereocenters. The lowest BCUT2D eigenvalue weighted by Gasteiger charge is -2.47. The zero-order chi connectivity index (χ0) is 21.8. The molecule has 3 aromatic carbocycles. The van der Waals surface area contributed by atoms with E-state index < -0.39 is 29.7 Å². The summed E-state index contributed by atoms with van der Waals surface area (Å²) in [6.45, 7) is -0.0437. The van der Waals surface area contributed by atoms with Gasteiger partial charge in [0.15, 0.2) is 5.76 Å². The maximum atomic E-state index is 13.9. The van der Waals surface area contributed by atoms with Crippen molar-refractivity contribution in [2.75, 3.05) is 12.0 Å². The average molecular weight is 421 g/mol. The lowest BCUT2D eigenvalue weighted by atomic mass is 9.80. The molecular weight excluding hydrogens is 400 g/mol. The molecule has 2 atom stereocenters. The SMILES string of the molecule is COc1ccc([C@H]2[C@H](C(OCc3ccccc3)=C(F)F)C(=O)N2c2ccccc2)cc1. The molecular formula is C25H21F2NO3. The molecule has 0 aromatic heterocycles. The molecule has 0 bridgehead atoms. The molecule has 1 aliphatic heterocycles. The second-order valence-corrected chi connectivity index (χ2v) is 7.14. The van der Waals surface area contributed by atoms with E-state index in [9.17, 15) is 13.6 Å². The molecule has 3 aromatic rings. The van der Waals surface area contributed by atoms with Gasteiger partial charge in [0.1, 0.15) is 18.3 Å². The number of para-hydroxylation sites is 1. The predicted octanol–water partition coefficient (Wildman–Crippen LogP) is 5.72. The Morgan fingerprint density at radius 3 is 2.10 bits per heavy atom. The maximum Gasteiger partial charge on any atom is 0.308 e. The van der Waals surface area contributed by atoms with E-state index in [4.69, 9.17) is 9.47 Å². The normalized spacial score (nSPS) is 17.6. The lowest BCUT2D eigenvalue weighted by molar-refractivity contribution is -0.131. The topological polar surface area (TPSA) is 38.8 Å². The smallest absolute Gasteiger partial charge is 0.308 e. The second kappa shape index (κ2) is 9.00. The van der Waals surface area contributed by atoms with Crippen molar-refractivity contribution in [2.24, 2.45) is 5.92 Å². The van der Waals surface area contributed by atoms with Crippen molar-refractivity contribution in [1.82, 2.24) is 0 Å². The van der Waals surface area contributed by atoms with E-state index in [0.717, 1.165) is 11.1 Å². The van der Waals surface area contributed by atoms with Crippen molar-refractivity contribution < 1.29 is 23.0 Å². The molecule has 4 nitrogen and oxygen atoms in total. The first-order valence-electron chi connectivity index (χ1n) is 9.84. The number of carbonyl (C=O) groups is 1. The van der Waals surface area contributed by atoms with Crippen LogP contribution in [-0.4, -0.2) is 13.0 Å². The van der Waals surface area contributed by atoms with Gasteiger partial charge in [-0.1, -0.05) is 60.7 Å². The van der Waals surface area contributed by atoms with Gasteiger partial charge in [0, 0.05) is 5.69 Å². The molecule has 0 spiro atoms. The molecule has 6 heteroatoms. The lowest BCUT2D eigenvalue weighted by Crippen LogP contribution is -2.56. The fourth-order valence-electron chi connectivity index (χ4n) is 3.76. The van der Waals surface area contributed by atoms with Gasteiger partial charge < -0.3 is 14.4 Å². The highest BCUT2D eigenvalue weighted by molar-refractivity contribution is 6.04. The molecule has 1 saturated heterocycles. The van der Waals surface area contributed by atoms with E-state index in [2.05, 4.69) is 0 Å². The van der Waals surface area contributed by atoms with Crippen LogP contribution in [-0.2, 0) is 16.1 Å². The molecule has 0 aliphatic carbocycles. The van der Waals surface area contributed by atoms with Gasteiger partial charge in [-0.05, 0) is 35.4 Å². The van der Waals surface area contributed by atoms with Crippen LogP contribution in [0.25, 0.3) is 0 Å². The molecule has 1 amide bonds. The van der Waals surface area contributed by atoms with Gasteiger partial charge in [-0.25, -0.2) is 0 Å². The fourth-order valence-corrected chi connectivity index (χ4v) is 3.76. The largest absolute Gasteiger partial charge is 0.497 e. The number of β-lactam (4-membered cyclic amide) rings is 1. The van der Waals surface area contributed by atoms with Crippen molar-refractivity contribution in [3.05, 3.63) is 108 Å². The summed E-state index contributed by atoms with van der Waals surface area (Å²) >= 11 is 0. The summed E-state index contributed by atoms with van der Waals surface area (Å²) in [7, 11) is 1.55. The van der Waals surface area contributed by atoms with Gasteiger partial charge in [0.25, 0.3) is 0 Å². The van der Waals surface area contributed by atoms with E-state index in [0.29, 0.717) is 11.4 Å². The zero-order valence-corrected chi connectivity index (χ0v) is 16.9. The van der Waals surface area contributed by atoms with Gasteiger partial charge in [-0.2, -0.15) is 8.78 Å². The maximum absolute atomic E-state index is 13.9. The van der Waals surface area contributed by atoms with Gasteiger partial charge in [-0.3, -0.25) is 4.79 Å². The molecule has 1 aliphatic rings. The minimum absolute atomic E-state index is 0.0437. The third-order valence-corrected chi connectivity index (χ3v) is 5.29. The number of hydrogen-bond donors (Lipinski definition) is 0. The number of ether oxygens (including phenoxy) is 2. The Morgan fingerprint density at radius 2 is 1.52 bits per heavy atom. The van der Waals surface area contributed by atoms with Crippen LogP contribution in [0.3, 0.4) is 0 Å². The van der Waals surface area contributed by atoms with E-state index in [1.54, 1.807) is 79.9 Å². The van der Waals surface area contributed by atoms with Crippen LogP contribution >= 0.6 is 0 Å². The summed E-state index contributed by atoms with van der Waals surface area (Å²) in [5.74, 6) is -1.47. The van der Waals surface area contributed by atoms with Crippen LogP contribution in [0.2, 0.25) is 0 Å². The first-order chi connectivity index (χ1) is 15.1. The number of methoxy groups -OCH3 is 1. The van der Waals surface area contributed by atoms with Gasteiger partial charge >= 0.3 is 6.08 Å². The van der Waals surface area contributed by atoms with Crippen LogP contribution in [0, 0.1) is 5.92 Å². The standard InChI is InChI=1S/C25H21F2NO3/c1-30-20-14-12-18(13-15-20)22-21(25(29)28(22)19-10-6-3-7-11-19)23(24(26)27)31-16-17-8-4-2-5-9-17/h2-15,21-22H,16H2,1H3/t21-,22+/m1/s1. The molecule has 4 rings (SSSR count). The zero-order valence-electron chi connectivity index (χ0n) is 16.9. The number of amides is 1. The van der Waals surface area contributed by atoms with Crippen molar-refractivity contribution >= 4 is 11.6 Å². The van der Waals surface area contributed by atoms with Crippen molar-refractivity contribution in [2.45, 2.75) is 12.6 Å². The van der Waals surface area contributed by atoms with Crippen LogP contribution < -0.4 is 9.64 Å². The highest BCUT2D eigenvalue weighted by atomic mass is 19.3. The third-order valence-electron chi connectivity index (χ3n) is 5.29. The summed E-state index contributed by atoms with van der Waals surface area (Å²) in [4.78, 5) is 14.6. The Labute approximate surface area is 179 Å². The number of rotatable bonds is 7. The van der Waals surface area contributed by atoms with Crippen LogP contribution in [0.5, 0.6) is 5.75 Å². The quantitative estimate of drug-likeness (QED) is 0.362. The Hall–Kier alpha value is -3.67. The molecule has 31 heavy (non-hydrogen) atoms. The Bertz CT molecular complexity index is 1060. The number of carbonyl (C=O) groups excluding carboxylic acids is 1. The second-order valence-electron chi connectivity index (χ2n) is 7.14. The van der Waals surface area contributed by atoms with Gasteiger partial charge in [0.05, 0.1) is 13.2 Å². The highest BCUT2D eigenvalue weighted by Crippen LogP contribution is 2.48. The van der Waals surface area contributed by atoms with Gasteiger partial charge in [-0.15, -0.1) is 0 Å². The van der Waals surface area contributed by atoms with Crippen LogP contribution in [0.4, 0.5) is 14.5 Å². The molecule has 0 N–H and O–H groups in total. The summed E-state index contributed by atoms with van der Waals surface area (Å²) in [6, 6.07) is 24.5. The molecule has 1 heterocycles. The van der Waals surface area contributed by atoms with Crippen LogP contribution in [0.15, 0.2) is 96.8 Å². The van der Waals surface area contributed by atoms with E-state index in [-0.39, 0.29) is 6.61 Å². The first kappa shape index (κ1) is 20.6. The minimum atomic E-state index is -1.99. The van der Waals surface area contributed by atoms with Crippen molar-refractivity contribution in [3.8, 4) is 5.75 Å². The third kappa shape index (κ3) is 4.14. The van der Waals surface area contributed by atoms with Crippen molar-refractivity contribution in [1.29, 1.82) is 0 Å². The Kier molecular flexibility index (Phi) is 5.98. The minimum Gasteiger partial charge on any atom is -0.497 e. The number of benzene rings is 3. The summed E-state index contributed by atoms with van der Waals surface area (Å²) in [5.41, 5.74) is 2.11. The Balaban J connectivity index is 1.67. The molecule has 1 fully saturated rings. The predicted molar refractivity (Wildman–Crippen MR) is 114 cm³/mol. The summed E-state index contributed by atoms with van der Waals surface area (Å²) in [6.07, 6.45) is -1.99. The van der Waals surface area contributed by atoms with E-state index in [1.807, 2.05) is 12.1 Å². The van der Waals surface area contributed by atoms with Gasteiger partial charge in [0.2, 0.25) is 5.91 Å². The first-order valence-corrected chi connectivity index (χ1v) is 9.84. The molecule has 0 saturated carbocycles. The summed E-state index contributed by atoms with van der Waals surface area (Å²) < 4.78 is 38.6. The number of halogens is 2. The molecule has 158 valence electrons. The fraction of sp³-hybridized carbons (Fsp3) is 0.160. The Morgan fingerprint density at radius 1 is 0.903 bits per heavy atom. The van der Waals surface area contributed by atoms with Crippen LogP contribution in [0.1, 0.15) is 17.2 Å². The highest BCUT2D eigenvalue weighted by Gasteiger charge is 2.53.